The van der Waals surface area contributed by atoms with Crippen molar-refractivity contribution in [2.75, 3.05) is 18.4 Å². The summed E-state index contributed by atoms with van der Waals surface area (Å²) in [5.41, 5.74) is -1.25. The van der Waals surface area contributed by atoms with Crippen molar-refractivity contribution in [2.24, 2.45) is 0 Å². The van der Waals surface area contributed by atoms with E-state index in [1.165, 1.54) is 22.5 Å². The lowest BCUT2D eigenvalue weighted by Gasteiger charge is -2.19. The van der Waals surface area contributed by atoms with Crippen molar-refractivity contribution in [2.45, 2.75) is 24.9 Å². The number of pyridine rings is 1. The van der Waals surface area contributed by atoms with Crippen LogP contribution in [0.25, 0.3) is 0 Å². The van der Waals surface area contributed by atoms with Gasteiger partial charge in [0.05, 0.1) is 21.2 Å². The second-order valence-corrected chi connectivity index (χ2v) is 7.96. The number of rotatable bonds is 6. The molecule has 28 heavy (non-hydrogen) atoms. The van der Waals surface area contributed by atoms with E-state index in [1.807, 2.05) is 0 Å². The van der Waals surface area contributed by atoms with Crippen LogP contribution >= 0.6 is 11.6 Å². The predicted molar refractivity (Wildman–Crippen MR) is 98.8 cm³/mol. The third-order valence-corrected chi connectivity index (χ3v) is 6.22. The van der Waals surface area contributed by atoms with E-state index in [0.717, 1.165) is 12.3 Å². The zero-order chi connectivity index (χ0) is 21.1. The third kappa shape index (κ3) is 4.81. The molecular formula is C17H17ClF3N3O3S. The molecule has 2 aromatic rings. The van der Waals surface area contributed by atoms with Crippen molar-refractivity contribution in [1.29, 1.82) is 0 Å². The second kappa shape index (κ2) is 8.46. The Morgan fingerprint density at radius 3 is 2.32 bits per heavy atom. The smallest absolute Gasteiger partial charge is 0.321 e. The van der Waals surface area contributed by atoms with Crippen LogP contribution in [-0.2, 0) is 16.2 Å². The van der Waals surface area contributed by atoms with Crippen LogP contribution in [0, 0.1) is 0 Å². The first-order valence-electron chi connectivity index (χ1n) is 8.15. The van der Waals surface area contributed by atoms with Gasteiger partial charge in [-0.25, -0.2) is 8.42 Å². The maximum Gasteiger partial charge on any atom is 0.433 e. The van der Waals surface area contributed by atoms with Crippen molar-refractivity contribution in [3.63, 3.8) is 0 Å². The molecule has 6 nitrogen and oxygen atoms in total. The number of anilines is 1. The van der Waals surface area contributed by atoms with Gasteiger partial charge in [-0.2, -0.15) is 17.5 Å². The highest BCUT2D eigenvalue weighted by molar-refractivity contribution is 7.89. The first kappa shape index (κ1) is 22.1. The molecule has 1 amide bonds. The van der Waals surface area contributed by atoms with Gasteiger partial charge in [0.25, 0.3) is 5.91 Å². The number of carbonyl (C=O) groups is 1. The third-order valence-electron chi connectivity index (χ3n) is 3.85. The number of alkyl halides is 3. The summed E-state index contributed by atoms with van der Waals surface area (Å²) in [5, 5.41) is 2.47. The first-order valence-corrected chi connectivity index (χ1v) is 9.96. The van der Waals surface area contributed by atoms with E-state index in [4.69, 9.17) is 11.6 Å². The average Bonchev–Trinajstić information content (AvgIpc) is 2.63. The number of nitrogens with one attached hydrogen (secondary N) is 1. The van der Waals surface area contributed by atoms with Crippen LogP contribution in [0.3, 0.4) is 0 Å². The molecule has 0 aliphatic carbocycles. The Bertz CT molecular complexity index is 960. The van der Waals surface area contributed by atoms with Gasteiger partial charge in [-0.1, -0.05) is 25.4 Å². The number of benzene rings is 1. The lowest BCUT2D eigenvalue weighted by atomic mass is 10.2. The first-order chi connectivity index (χ1) is 13.0. The Morgan fingerprint density at radius 1 is 1.18 bits per heavy atom. The molecule has 0 bridgehead atoms. The molecule has 0 fully saturated rings. The summed E-state index contributed by atoms with van der Waals surface area (Å²) in [7, 11) is -3.78. The largest absolute Gasteiger partial charge is 0.433 e. The van der Waals surface area contributed by atoms with E-state index in [0.29, 0.717) is 6.07 Å². The number of hydrogen-bond donors (Lipinski definition) is 1. The van der Waals surface area contributed by atoms with E-state index in [1.54, 1.807) is 13.8 Å². The molecular weight excluding hydrogens is 419 g/mol. The number of sulfonamides is 1. The molecule has 1 aromatic carbocycles. The minimum absolute atomic E-state index is 0.0137. The van der Waals surface area contributed by atoms with Gasteiger partial charge in [0.15, 0.2) is 0 Å². The Morgan fingerprint density at radius 2 is 1.82 bits per heavy atom. The molecule has 1 N–H and O–H groups in total. The fourth-order valence-corrected chi connectivity index (χ4v) is 4.01. The maximum absolute atomic E-state index is 12.6. The summed E-state index contributed by atoms with van der Waals surface area (Å²) in [6.45, 7) is 3.91. The van der Waals surface area contributed by atoms with Crippen LogP contribution in [0.4, 0.5) is 18.9 Å². The Balaban J connectivity index is 2.30. The zero-order valence-corrected chi connectivity index (χ0v) is 16.5. The highest BCUT2D eigenvalue weighted by Gasteiger charge is 2.32. The Kier molecular flexibility index (Phi) is 6.68. The summed E-state index contributed by atoms with van der Waals surface area (Å²) in [5.74, 6) is -0.777. The highest BCUT2D eigenvalue weighted by atomic mass is 35.5. The van der Waals surface area contributed by atoms with Gasteiger partial charge in [-0.3, -0.25) is 9.78 Å². The molecule has 11 heteroatoms. The number of nitrogens with zero attached hydrogens (tertiary/aromatic N) is 2. The zero-order valence-electron chi connectivity index (χ0n) is 14.9. The molecule has 0 spiro atoms. The van der Waals surface area contributed by atoms with E-state index in [9.17, 15) is 26.4 Å². The predicted octanol–water partition coefficient (Wildman–Crippen LogP) is 4.04. The maximum atomic E-state index is 12.6. The molecule has 0 aliphatic heterocycles. The molecule has 0 radical (unpaired) electrons. The van der Waals surface area contributed by atoms with Gasteiger partial charge in [0.1, 0.15) is 5.69 Å². The average molecular weight is 436 g/mol. The lowest BCUT2D eigenvalue weighted by molar-refractivity contribution is -0.141. The molecule has 0 saturated carbocycles. The van der Waals surface area contributed by atoms with Crippen molar-refractivity contribution in [1.82, 2.24) is 9.29 Å². The molecule has 0 aliphatic rings. The normalized spacial score (nSPS) is 12.2. The minimum atomic E-state index is -4.62. The van der Waals surface area contributed by atoms with Gasteiger partial charge in [0, 0.05) is 19.3 Å². The van der Waals surface area contributed by atoms with E-state index in [-0.39, 0.29) is 34.3 Å². The van der Waals surface area contributed by atoms with Crippen LogP contribution in [-0.4, -0.2) is 36.7 Å². The van der Waals surface area contributed by atoms with Gasteiger partial charge in [-0.15, -0.1) is 0 Å². The van der Waals surface area contributed by atoms with E-state index >= 15 is 0 Å². The van der Waals surface area contributed by atoms with Gasteiger partial charge < -0.3 is 5.32 Å². The standard InChI is InChI=1S/C17H17ClF3N3O3S/c1-3-24(4-2)28(26,27)12-6-7-13(18)14(9-12)23-16(25)11-5-8-15(22-10-11)17(19,20)21/h5-10H,3-4H2,1-2H3,(H,23,25). The number of hydrogen-bond acceptors (Lipinski definition) is 4. The monoisotopic (exact) mass is 435 g/mol. The molecule has 0 saturated heterocycles. The molecule has 2 rings (SSSR count). The van der Waals surface area contributed by atoms with Crippen molar-refractivity contribution in [3.05, 3.63) is 52.8 Å². The summed E-state index contributed by atoms with van der Waals surface area (Å²) in [4.78, 5) is 15.4. The number of aromatic nitrogens is 1. The van der Waals surface area contributed by atoms with Crippen molar-refractivity contribution >= 4 is 33.2 Å². The fourth-order valence-electron chi connectivity index (χ4n) is 2.36. The number of halogens is 4. The molecule has 152 valence electrons. The van der Waals surface area contributed by atoms with E-state index in [2.05, 4.69) is 10.3 Å². The van der Waals surface area contributed by atoms with Crippen LogP contribution < -0.4 is 5.32 Å². The molecule has 0 unspecified atom stereocenters. The minimum Gasteiger partial charge on any atom is -0.321 e. The number of amides is 1. The van der Waals surface area contributed by atoms with E-state index < -0.39 is 27.8 Å². The summed E-state index contributed by atoms with van der Waals surface area (Å²) in [6, 6.07) is 5.47. The summed E-state index contributed by atoms with van der Waals surface area (Å²) in [6.07, 6.45) is -3.84. The van der Waals surface area contributed by atoms with Crippen LogP contribution in [0.1, 0.15) is 29.9 Å². The Hall–Kier alpha value is -2.17. The van der Waals surface area contributed by atoms with Gasteiger partial charge >= 0.3 is 6.18 Å². The van der Waals surface area contributed by atoms with Crippen LogP contribution in [0.5, 0.6) is 0 Å². The lowest BCUT2D eigenvalue weighted by Crippen LogP contribution is -2.30. The molecule has 1 heterocycles. The van der Waals surface area contributed by atoms with Crippen molar-refractivity contribution < 1.29 is 26.4 Å². The molecule has 0 atom stereocenters. The van der Waals surface area contributed by atoms with Crippen molar-refractivity contribution in [3.8, 4) is 0 Å². The highest BCUT2D eigenvalue weighted by Crippen LogP contribution is 2.29. The van der Waals surface area contributed by atoms with Crippen LogP contribution in [0.2, 0.25) is 5.02 Å². The second-order valence-electron chi connectivity index (χ2n) is 5.61. The quantitative estimate of drug-likeness (QED) is 0.742. The fraction of sp³-hybridized carbons (Fsp3) is 0.294. The summed E-state index contributed by atoms with van der Waals surface area (Å²) >= 11 is 6.02. The topological polar surface area (TPSA) is 79.4 Å². The SMILES string of the molecule is CCN(CC)S(=O)(=O)c1ccc(Cl)c(NC(=O)c2ccc(C(F)(F)F)nc2)c1. The van der Waals surface area contributed by atoms with Crippen LogP contribution in [0.15, 0.2) is 41.4 Å². The number of carbonyl (C=O) groups excluding carboxylic acids is 1. The Labute approximate surface area is 165 Å². The van der Waals surface area contributed by atoms with Gasteiger partial charge in [-0.05, 0) is 30.3 Å². The summed E-state index contributed by atoms with van der Waals surface area (Å²) < 4.78 is 64.1. The van der Waals surface area contributed by atoms with Gasteiger partial charge in [0.2, 0.25) is 10.0 Å². The molecule has 1 aromatic heterocycles.